The molecular formula is C17H27N3O. The number of nitrogens with zero attached hydrogens (tertiary/aromatic N) is 2. The van der Waals surface area contributed by atoms with E-state index in [9.17, 15) is 4.79 Å². The Morgan fingerprint density at radius 2 is 2.14 bits per heavy atom. The van der Waals surface area contributed by atoms with Crippen LogP contribution in [0.1, 0.15) is 62.5 Å². The maximum absolute atomic E-state index is 12.9. The van der Waals surface area contributed by atoms with Crippen LogP contribution < -0.4 is 5.32 Å². The number of anilines is 1. The summed E-state index contributed by atoms with van der Waals surface area (Å²) in [7, 11) is 0. The standard InChI is InChI=1S/C17H27N3O/c1-5-9-18-16-11-14(10-12(3)19-16)17(21)20-13(4)7-8-15(20)6-2/h10-11,13,15H,5-9H2,1-4H3,(H,18,19). The van der Waals surface area contributed by atoms with Crippen molar-refractivity contribution >= 4 is 11.7 Å². The number of carbonyl (C=O) groups excluding carboxylic acids is 1. The van der Waals surface area contributed by atoms with Crippen LogP contribution in [0.15, 0.2) is 12.1 Å². The predicted molar refractivity (Wildman–Crippen MR) is 86.7 cm³/mol. The van der Waals surface area contributed by atoms with E-state index in [0.717, 1.165) is 49.3 Å². The monoisotopic (exact) mass is 289 g/mol. The van der Waals surface area contributed by atoms with Gasteiger partial charge in [-0.25, -0.2) is 4.98 Å². The van der Waals surface area contributed by atoms with Crippen molar-refractivity contribution in [3.05, 3.63) is 23.4 Å². The van der Waals surface area contributed by atoms with Gasteiger partial charge in [0.15, 0.2) is 0 Å². The normalized spacial score (nSPS) is 21.6. The molecule has 4 heteroatoms. The lowest BCUT2D eigenvalue weighted by Gasteiger charge is -2.28. The molecule has 0 aromatic carbocycles. The van der Waals surface area contributed by atoms with Crippen molar-refractivity contribution < 1.29 is 4.79 Å². The van der Waals surface area contributed by atoms with Crippen molar-refractivity contribution in [3.8, 4) is 0 Å². The summed E-state index contributed by atoms with van der Waals surface area (Å²) >= 11 is 0. The first kappa shape index (κ1) is 15.8. The van der Waals surface area contributed by atoms with Crippen molar-refractivity contribution in [2.24, 2.45) is 0 Å². The van der Waals surface area contributed by atoms with E-state index >= 15 is 0 Å². The Bertz CT molecular complexity index is 501. The molecule has 1 aliphatic rings. The molecule has 116 valence electrons. The van der Waals surface area contributed by atoms with Gasteiger partial charge >= 0.3 is 0 Å². The summed E-state index contributed by atoms with van der Waals surface area (Å²) < 4.78 is 0. The third-order valence-electron chi connectivity index (χ3n) is 4.25. The molecule has 0 radical (unpaired) electrons. The predicted octanol–water partition coefficient (Wildman–Crippen LogP) is 3.62. The van der Waals surface area contributed by atoms with Gasteiger partial charge in [0.05, 0.1) is 0 Å². The zero-order chi connectivity index (χ0) is 15.4. The average molecular weight is 289 g/mol. The molecule has 1 amide bonds. The average Bonchev–Trinajstić information content (AvgIpc) is 2.84. The Hall–Kier alpha value is -1.58. The highest BCUT2D eigenvalue weighted by molar-refractivity contribution is 5.95. The summed E-state index contributed by atoms with van der Waals surface area (Å²) in [6.07, 6.45) is 4.30. The van der Waals surface area contributed by atoms with E-state index in [0.29, 0.717) is 12.1 Å². The van der Waals surface area contributed by atoms with E-state index in [1.165, 1.54) is 0 Å². The quantitative estimate of drug-likeness (QED) is 0.900. The second-order valence-corrected chi connectivity index (χ2v) is 6.01. The van der Waals surface area contributed by atoms with Crippen LogP contribution in [0.5, 0.6) is 0 Å². The Labute approximate surface area is 127 Å². The SMILES string of the molecule is CCCNc1cc(C(=O)N2C(C)CCC2CC)cc(C)n1. The molecule has 2 rings (SSSR count). The maximum atomic E-state index is 12.9. The van der Waals surface area contributed by atoms with Gasteiger partial charge in [-0.3, -0.25) is 4.79 Å². The van der Waals surface area contributed by atoms with Crippen molar-refractivity contribution in [1.29, 1.82) is 0 Å². The number of likely N-dealkylation sites (tertiary alicyclic amines) is 1. The minimum Gasteiger partial charge on any atom is -0.370 e. The number of nitrogens with one attached hydrogen (secondary N) is 1. The van der Waals surface area contributed by atoms with E-state index in [1.54, 1.807) is 0 Å². The van der Waals surface area contributed by atoms with E-state index in [1.807, 2.05) is 19.1 Å². The van der Waals surface area contributed by atoms with Crippen LogP contribution >= 0.6 is 0 Å². The molecule has 2 heterocycles. The summed E-state index contributed by atoms with van der Waals surface area (Å²) in [4.78, 5) is 19.4. The van der Waals surface area contributed by atoms with Gasteiger partial charge in [-0.05, 0) is 51.7 Å². The zero-order valence-electron chi connectivity index (χ0n) is 13.6. The largest absolute Gasteiger partial charge is 0.370 e. The molecule has 2 unspecified atom stereocenters. The summed E-state index contributed by atoms with van der Waals surface area (Å²) in [5, 5.41) is 3.28. The van der Waals surface area contributed by atoms with Crippen molar-refractivity contribution in [1.82, 2.24) is 9.88 Å². The van der Waals surface area contributed by atoms with Crippen molar-refractivity contribution in [2.45, 2.75) is 65.5 Å². The van der Waals surface area contributed by atoms with E-state index in [2.05, 4.69) is 36.0 Å². The highest BCUT2D eigenvalue weighted by atomic mass is 16.2. The van der Waals surface area contributed by atoms with Crippen LogP contribution in [-0.4, -0.2) is 34.4 Å². The third-order valence-corrected chi connectivity index (χ3v) is 4.25. The Balaban J connectivity index is 2.23. The molecule has 1 fully saturated rings. The summed E-state index contributed by atoms with van der Waals surface area (Å²) in [6.45, 7) is 9.25. The van der Waals surface area contributed by atoms with Gasteiger partial charge < -0.3 is 10.2 Å². The fourth-order valence-electron chi connectivity index (χ4n) is 3.12. The van der Waals surface area contributed by atoms with E-state index in [4.69, 9.17) is 0 Å². The van der Waals surface area contributed by atoms with Gasteiger partial charge in [0.2, 0.25) is 0 Å². The molecule has 0 bridgehead atoms. The molecule has 1 N–H and O–H groups in total. The topological polar surface area (TPSA) is 45.2 Å². The number of carbonyl (C=O) groups is 1. The number of amides is 1. The molecule has 1 aromatic rings. The number of pyridine rings is 1. The number of aromatic nitrogens is 1. The molecule has 0 spiro atoms. The van der Waals surface area contributed by atoms with E-state index in [-0.39, 0.29) is 5.91 Å². The summed E-state index contributed by atoms with van der Waals surface area (Å²) in [6, 6.07) is 4.51. The zero-order valence-corrected chi connectivity index (χ0v) is 13.6. The van der Waals surface area contributed by atoms with Crippen molar-refractivity contribution in [3.63, 3.8) is 0 Å². The van der Waals surface area contributed by atoms with Crippen LogP contribution in [0.25, 0.3) is 0 Å². The van der Waals surface area contributed by atoms with Gasteiger partial charge in [-0.15, -0.1) is 0 Å². The molecule has 1 aliphatic heterocycles. The first-order chi connectivity index (χ1) is 10.1. The Morgan fingerprint density at radius 1 is 1.38 bits per heavy atom. The second kappa shape index (κ2) is 6.92. The van der Waals surface area contributed by atoms with Crippen LogP contribution in [0, 0.1) is 6.92 Å². The van der Waals surface area contributed by atoms with Gasteiger partial charge in [0.25, 0.3) is 5.91 Å². The lowest BCUT2D eigenvalue weighted by molar-refractivity contribution is 0.0676. The van der Waals surface area contributed by atoms with Gasteiger partial charge in [0.1, 0.15) is 5.82 Å². The Kier molecular flexibility index (Phi) is 5.21. The molecule has 0 saturated carbocycles. The van der Waals surface area contributed by atoms with Gasteiger partial charge in [-0.1, -0.05) is 13.8 Å². The van der Waals surface area contributed by atoms with E-state index < -0.39 is 0 Å². The molecule has 4 nitrogen and oxygen atoms in total. The molecule has 1 saturated heterocycles. The summed E-state index contributed by atoms with van der Waals surface area (Å²) in [5.74, 6) is 0.956. The van der Waals surface area contributed by atoms with Gasteiger partial charge in [-0.2, -0.15) is 0 Å². The molecule has 0 aliphatic carbocycles. The fraction of sp³-hybridized carbons (Fsp3) is 0.647. The van der Waals surface area contributed by atoms with Crippen LogP contribution in [0.2, 0.25) is 0 Å². The third kappa shape index (κ3) is 3.55. The molecule has 21 heavy (non-hydrogen) atoms. The number of hydrogen-bond donors (Lipinski definition) is 1. The minimum atomic E-state index is 0.150. The highest BCUT2D eigenvalue weighted by Gasteiger charge is 2.33. The smallest absolute Gasteiger partial charge is 0.254 e. The van der Waals surface area contributed by atoms with Gasteiger partial charge in [0, 0.05) is 29.9 Å². The first-order valence-corrected chi connectivity index (χ1v) is 8.12. The molecular weight excluding hydrogens is 262 g/mol. The fourth-order valence-corrected chi connectivity index (χ4v) is 3.12. The lowest BCUT2D eigenvalue weighted by Crippen LogP contribution is -2.39. The minimum absolute atomic E-state index is 0.150. The summed E-state index contributed by atoms with van der Waals surface area (Å²) in [5.41, 5.74) is 1.65. The van der Waals surface area contributed by atoms with Crippen LogP contribution in [0.3, 0.4) is 0 Å². The second-order valence-electron chi connectivity index (χ2n) is 6.01. The number of aryl methyl sites for hydroxylation is 1. The molecule has 2 atom stereocenters. The Morgan fingerprint density at radius 3 is 2.81 bits per heavy atom. The lowest BCUT2D eigenvalue weighted by atomic mass is 10.1. The number of rotatable bonds is 5. The number of hydrogen-bond acceptors (Lipinski definition) is 3. The van der Waals surface area contributed by atoms with Crippen molar-refractivity contribution in [2.75, 3.05) is 11.9 Å². The first-order valence-electron chi connectivity index (χ1n) is 8.12. The van der Waals surface area contributed by atoms with Crippen LogP contribution in [-0.2, 0) is 0 Å². The maximum Gasteiger partial charge on any atom is 0.254 e. The van der Waals surface area contributed by atoms with Crippen LogP contribution in [0.4, 0.5) is 5.82 Å². The molecule has 1 aromatic heterocycles. The highest BCUT2D eigenvalue weighted by Crippen LogP contribution is 2.28.